The van der Waals surface area contributed by atoms with Crippen molar-refractivity contribution in [2.45, 2.75) is 53.2 Å². The normalized spacial score (nSPS) is 16.7. The van der Waals surface area contributed by atoms with E-state index in [9.17, 15) is 0 Å². The molecule has 0 atom stereocenters. The number of rotatable bonds is 0. The zero-order valence-electron chi connectivity index (χ0n) is 10.0. The molecule has 3 rings (SSSR count). The number of ether oxygens (including phenoxy) is 1. The second-order valence-electron chi connectivity index (χ2n) is 4.13. The Morgan fingerprint density at radius 2 is 1.73 bits per heavy atom. The molecular formula is C14H20O. The van der Waals surface area contributed by atoms with Gasteiger partial charge < -0.3 is 4.74 Å². The summed E-state index contributed by atoms with van der Waals surface area (Å²) in [5, 5.41) is 0. The molecule has 1 heteroatoms. The summed E-state index contributed by atoms with van der Waals surface area (Å²) < 4.78 is 5.52. The molecule has 82 valence electrons. The van der Waals surface area contributed by atoms with Crippen molar-refractivity contribution in [1.82, 2.24) is 0 Å². The molecule has 0 aromatic heterocycles. The highest BCUT2D eigenvalue weighted by atomic mass is 16.5. The summed E-state index contributed by atoms with van der Waals surface area (Å²) in [5.74, 6) is 0. The van der Waals surface area contributed by atoms with Gasteiger partial charge in [-0.1, -0.05) is 19.9 Å². The van der Waals surface area contributed by atoms with Crippen LogP contribution in [0.1, 0.15) is 48.1 Å². The van der Waals surface area contributed by atoms with E-state index in [1.807, 2.05) is 13.8 Å². The Bertz CT molecular complexity index is 366. The van der Waals surface area contributed by atoms with Crippen LogP contribution < -0.4 is 0 Å². The Kier molecular flexibility index (Phi) is 3.11. The van der Waals surface area contributed by atoms with Gasteiger partial charge in [0.15, 0.2) is 0 Å². The molecule has 0 amide bonds. The van der Waals surface area contributed by atoms with E-state index in [1.165, 1.54) is 36.0 Å². The van der Waals surface area contributed by atoms with Gasteiger partial charge >= 0.3 is 0 Å². The van der Waals surface area contributed by atoms with Crippen molar-refractivity contribution >= 4 is 0 Å². The van der Waals surface area contributed by atoms with E-state index < -0.39 is 0 Å². The first-order valence-electron chi connectivity index (χ1n) is 6.07. The van der Waals surface area contributed by atoms with Crippen LogP contribution in [0.3, 0.4) is 0 Å². The average molecular weight is 204 g/mol. The van der Waals surface area contributed by atoms with Crippen molar-refractivity contribution < 1.29 is 4.74 Å². The van der Waals surface area contributed by atoms with Gasteiger partial charge in [0.25, 0.3) is 0 Å². The fourth-order valence-electron chi connectivity index (χ4n) is 2.67. The van der Waals surface area contributed by atoms with Gasteiger partial charge in [-0.2, -0.15) is 0 Å². The molecule has 1 aliphatic carbocycles. The van der Waals surface area contributed by atoms with Crippen molar-refractivity contribution in [2.24, 2.45) is 0 Å². The maximum atomic E-state index is 5.52. The molecular weight excluding hydrogens is 184 g/mol. The number of fused-ring (bicyclic) bond motifs is 3. The highest BCUT2D eigenvalue weighted by molar-refractivity contribution is 5.48. The van der Waals surface area contributed by atoms with Gasteiger partial charge in [-0.3, -0.25) is 0 Å². The summed E-state index contributed by atoms with van der Waals surface area (Å²) in [5.41, 5.74) is 7.63. The third-order valence-electron chi connectivity index (χ3n) is 3.35. The molecule has 0 fully saturated rings. The van der Waals surface area contributed by atoms with Crippen molar-refractivity contribution in [1.29, 1.82) is 0 Å². The average Bonchev–Trinajstić information content (AvgIpc) is 2.86. The summed E-state index contributed by atoms with van der Waals surface area (Å²) in [6.07, 6.45) is 3.90. The molecule has 0 saturated heterocycles. The third kappa shape index (κ3) is 1.69. The molecule has 0 spiro atoms. The third-order valence-corrected chi connectivity index (χ3v) is 3.35. The van der Waals surface area contributed by atoms with Crippen molar-refractivity contribution in [3.63, 3.8) is 0 Å². The van der Waals surface area contributed by atoms with Gasteiger partial charge in [-0.25, -0.2) is 0 Å². The van der Waals surface area contributed by atoms with Gasteiger partial charge in [0.05, 0.1) is 13.2 Å². The number of hydrogen-bond donors (Lipinski definition) is 0. The van der Waals surface area contributed by atoms with Gasteiger partial charge in [0, 0.05) is 0 Å². The van der Waals surface area contributed by atoms with Crippen molar-refractivity contribution in [3.05, 3.63) is 33.9 Å². The molecule has 1 aromatic carbocycles. The van der Waals surface area contributed by atoms with E-state index in [2.05, 4.69) is 13.0 Å². The van der Waals surface area contributed by atoms with Crippen LogP contribution in [0, 0.1) is 6.92 Å². The lowest BCUT2D eigenvalue weighted by Crippen LogP contribution is -1.95. The minimum Gasteiger partial charge on any atom is -0.372 e. The first kappa shape index (κ1) is 10.7. The van der Waals surface area contributed by atoms with Crippen LogP contribution in [0.4, 0.5) is 0 Å². The predicted molar refractivity (Wildman–Crippen MR) is 63.0 cm³/mol. The molecule has 0 unspecified atom stereocenters. The fraction of sp³-hybridized carbons (Fsp3) is 0.571. The van der Waals surface area contributed by atoms with E-state index in [-0.39, 0.29) is 0 Å². The van der Waals surface area contributed by atoms with E-state index in [1.54, 1.807) is 11.1 Å². The summed E-state index contributed by atoms with van der Waals surface area (Å²) >= 11 is 0. The molecule has 0 N–H and O–H groups in total. The van der Waals surface area contributed by atoms with Crippen molar-refractivity contribution in [3.8, 4) is 0 Å². The SMILES string of the molecule is CC.Cc1cc2c(c3c1COC3)CCC2. The smallest absolute Gasteiger partial charge is 0.0727 e. The molecule has 1 aliphatic heterocycles. The maximum Gasteiger partial charge on any atom is 0.0727 e. The van der Waals surface area contributed by atoms with Crippen LogP contribution in [0.2, 0.25) is 0 Å². The molecule has 15 heavy (non-hydrogen) atoms. The quantitative estimate of drug-likeness (QED) is 0.628. The second-order valence-corrected chi connectivity index (χ2v) is 4.13. The molecule has 0 saturated carbocycles. The van der Waals surface area contributed by atoms with Crippen LogP contribution in [0.15, 0.2) is 6.07 Å². The Balaban J connectivity index is 0.000000404. The Morgan fingerprint density at radius 1 is 1.00 bits per heavy atom. The molecule has 0 bridgehead atoms. The summed E-state index contributed by atoms with van der Waals surface area (Å²) in [4.78, 5) is 0. The van der Waals surface area contributed by atoms with Crippen LogP contribution in [-0.4, -0.2) is 0 Å². The molecule has 2 aliphatic rings. The molecule has 1 aromatic rings. The summed E-state index contributed by atoms with van der Waals surface area (Å²) in [6.45, 7) is 7.92. The monoisotopic (exact) mass is 204 g/mol. The zero-order valence-corrected chi connectivity index (χ0v) is 10.0. The second kappa shape index (κ2) is 4.36. The van der Waals surface area contributed by atoms with Gasteiger partial charge in [0.1, 0.15) is 0 Å². The molecule has 1 heterocycles. The number of hydrogen-bond acceptors (Lipinski definition) is 1. The van der Waals surface area contributed by atoms with E-state index in [0.717, 1.165) is 13.2 Å². The summed E-state index contributed by atoms with van der Waals surface area (Å²) in [7, 11) is 0. The predicted octanol–water partition coefficient (Wildman–Crippen LogP) is 3.54. The summed E-state index contributed by atoms with van der Waals surface area (Å²) in [6, 6.07) is 2.37. The first-order valence-corrected chi connectivity index (χ1v) is 6.07. The lowest BCUT2D eigenvalue weighted by molar-refractivity contribution is 0.134. The van der Waals surface area contributed by atoms with E-state index in [4.69, 9.17) is 4.74 Å². The van der Waals surface area contributed by atoms with Crippen LogP contribution in [-0.2, 0) is 30.8 Å². The lowest BCUT2D eigenvalue weighted by atomic mass is 9.95. The number of aryl methyl sites for hydroxylation is 2. The molecule has 1 nitrogen and oxygen atoms in total. The van der Waals surface area contributed by atoms with Crippen LogP contribution in [0.5, 0.6) is 0 Å². The van der Waals surface area contributed by atoms with Crippen LogP contribution >= 0.6 is 0 Å². The maximum absolute atomic E-state index is 5.52. The minimum absolute atomic E-state index is 0.842. The van der Waals surface area contributed by atoms with Gasteiger partial charge in [0.2, 0.25) is 0 Å². The zero-order chi connectivity index (χ0) is 10.8. The minimum atomic E-state index is 0.842. The molecule has 0 radical (unpaired) electrons. The standard InChI is InChI=1S/C12H14O.C2H6/c1-8-5-9-3-2-4-10(9)12-7-13-6-11(8)12;1-2/h5H,2-4,6-7H2,1H3;1-2H3. The van der Waals surface area contributed by atoms with Crippen molar-refractivity contribution in [2.75, 3.05) is 0 Å². The Morgan fingerprint density at radius 3 is 2.53 bits per heavy atom. The largest absolute Gasteiger partial charge is 0.372 e. The van der Waals surface area contributed by atoms with Gasteiger partial charge in [-0.05, 0) is 54.0 Å². The highest BCUT2D eigenvalue weighted by Gasteiger charge is 2.22. The Labute approximate surface area is 92.5 Å². The van der Waals surface area contributed by atoms with Gasteiger partial charge in [-0.15, -0.1) is 0 Å². The topological polar surface area (TPSA) is 9.23 Å². The first-order chi connectivity index (χ1) is 7.36. The lowest BCUT2D eigenvalue weighted by Gasteiger charge is -2.08. The number of benzene rings is 1. The Hall–Kier alpha value is -0.820. The fourth-order valence-corrected chi connectivity index (χ4v) is 2.67. The van der Waals surface area contributed by atoms with E-state index in [0.29, 0.717) is 0 Å². The van der Waals surface area contributed by atoms with Crippen LogP contribution in [0.25, 0.3) is 0 Å². The van der Waals surface area contributed by atoms with E-state index >= 15 is 0 Å². The highest BCUT2D eigenvalue weighted by Crippen LogP contribution is 2.34.